The topological polar surface area (TPSA) is 154 Å². The Balaban J connectivity index is 1.27. The van der Waals surface area contributed by atoms with Crippen molar-refractivity contribution in [2.24, 2.45) is 17.3 Å². The van der Waals surface area contributed by atoms with Crippen molar-refractivity contribution in [3.63, 3.8) is 0 Å². The summed E-state index contributed by atoms with van der Waals surface area (Å²) in [4.78, 5) is 71.5. The van der Waals surface area contributed by atoms with Gasteiger partial charge in [0.25, 0.3) is 5.91 Å². The highest BCUT2D eigenvalue weighted by molar-refractivity contribution is 7.10. The monoisotopic (exact) mass is 912 g/mol. The lowest BCUT2D eigenvalue weighted by Crippen LogP contribution is -2.67. The van der Waals surface area contributed by atoms with Gasteiger partial charge < -0.3 is 38.9 Å². The van der Waals surface area contributed by atoms with E-state index in [0.717, 1.165) is 57.5 Å². The summed E-state index contributed by atoms with van der Waals surface area (Å²) in [6.45, 7) is 17.2. The molecule has 4 amide bonds. The molecular formula is C49H69N9O6S. The van der Waals surface area contributed by atoms with Crippen LogP contribution in [0.15, 0.2) is 41.9 Å². The second kappa shape index (κ2) is 19.6. The number of urea groups is 1. The highest BCUT2D eigenvalue weighted by Gasteiger charge is 2.43. The molecule has 3 aliphatic rings. The van der Waals surface area contributed by atoms with Crippen LogP contribution in [0.25, 0.3) is 33.4 Å². The number of hydrogen-bond acceptors (Lipinski definition) is 11. The number of carbonyl (C=O) groups is 4. The van der Waals surface area contributed by atoms with Gasteiger partial charge in [-0.2, -0.15) is 0 Å². The Labute approximate surface area is 388 Å². The average Bonchev–Trinajstić information content (AvgIpc) is 3.86. The van der Waals surface area contributed by atoms with Crippen LogP contribution in [0, 0.1) is 17.3 Å². The normalized spacial score (nSPS) is 22.0. The Kier molecular flexibility index (Phi) is 14.5. The van der Waals surface area contributed by atoms with E-state index in [4.69, 9.17) is 19.4 Å². The average molecular weight is 912 g/mol. The molecule has 2 saturated heterocycles. The molecule has 2 fully saturated rings. The van der Waals surface area contributed by atoms with Gasteiger partial charge >= 0.3 is 6.03 Å². The largest absolute Gasteiger partial charge is 0.378 e. The smallest absolute Gasteiger partial charge is 0.320 e. The van der Waals surface area contributed by atoms with Crippen molar-refractivity contribution in [1.29, 1.82) is 0 Å². The van der Waals surface area contributed by atoms with Gasteiger partial charge in [-0.05, 0) is 95.3 Å². The van der Waals surface area contributed by atoms with Gasteiger partial charge in [0.05, 0.1) is 41.4 Å². The van der Waals surface area contributed by atoms with Gasteiger partial charge in [-0.1, -0.05) is 33.8 Å². The number of thiazole rings is 1. The number of pyridine rings is 1. The van der Waals surface area contributed by atoms with Crippen LogP contribution in [0.3, 0.4) is 0 Å². The fourth-order valence-corrected chi connectivity index (χ4v) is 10.7. The second-order valence-corrected chi connectivity index (χ2v) is 20.7. The maximum absolute atomic E-state index is 14.7. The third-order valence-electron chi connectivity index (χ3n) is 13.8. The van der Waals surface area contributed by atoms with E-state index in [1.807, 2.05) is 52.5 Å². The number of amides is 4. The Bertz CT molecular complexity index is 2370. The fourth-order valence-electron chi connectivity index (χ4n) is 9.83. The SMILES string of the molecule is CCn1c(-c2cccnc2[C@H](C)OC)c2c3cc(ccc31)-c1csc(n1)C[C@H](NC(=O)[C@H](C(C)C)N(C)C(=O)N1CC([C@@H](C)N(C)C)C1)C(=O)N1CCC[C@](C=O)(COCC(C)(C)C2)N1. The van der Waals surface area contributed by atoms with Gasteiger partial charge in [0.15, 0.2) is 0 Å². The summed E-state index contributed by atoms with van der Waals surface area (Å²) in [7, 11) is 7.44. The summed E-state index contributed by atoms with van der Waals surface area (Å²) in [5.41, 5.74) is 8.59. The van der Waals surface area contributed by atoms with Crippen molar-refractivity contribution < 1.29 is 28.7 Å². The third kappa shape index (κ3) is 9.88. The first-order chi connectivity index (χ1) is 30.9. The highest BCUT2D eigenvalue weighted by atomic mass is 32.1. The van der Waals surface area contributed by atoms with Crippen LogP contribution >= 0.6 is 11.3 Å². The molecule has 4 aromatic rings. The van der Waals surface area contributed by atoms with E-state index in [9.17, 15) is 19.2 Å². The van der Waals surface area contributed by atoms with Crippen LogP contribution < -0.4 is 10.7 Å². The van der Waals surface area contributed by atoms with E-state index in [1.54, 1.807) is 19.1 Å². The molecule has 6 bridgehead atoms. The molecule has 0 saturated carbocycles. The van der Waals surface area contributed by atoms with Crippen molar-refractivity contribution in [2.45, 2.75) is 110 Å². The molecule has 5 atom stereocenters. The lowest BCUT2D eigenvalue weighted by Gasteiger charge is -2.46. The van der Waals surface area contributed by atoms with Crippen molar-refractivity contribution in [2.75, 3.05) is 61.1 Å². The molecule has 352 valence electrons. The Morgan fingerprint density at radius 1 is 1.12 bits per heavy atom. The molecule has 0 unspecified atom stereocenters. The van der Waals surface area contributed by atoms with E-state index in [1.165, 1.54) is 21.2 Å². The van der Waals surface area contributed by atoms with Crippen molar-refractivity contribution >= 4 is 46.4 Å². The number of rotatable bonds is 11. The molecule has 16 heteroatoms. The molecule has 15 nitrogen and oxygen atoms in total. The number of carbonyl (C=O) groups excluding carboxylic acids is 4. The number of methoxy groups -OCH3 is 1. The van der Waals surface area contributed by atoms with Crippen molar-refractivity contribution in [3.05, 3.63) is 58.2 Å². The lowest BCUT2D eigenvalue weighted by atomic mass is 9.84. The minimum Gasteiger partial charge on any atom is -0.378 e. The van der Waals surface area contributed by atoms with Crippen LogP contribution in [-0.4, -0.2) is 143 Å². The van der Waals surface area contributed by atoms with E-state index in [0.29, 0.717) is 62.5 Å². The van der Waals surface area contributed by atoms with Crippen LogP contribution in [0.2, 0.25) is 0 Å². The van der Waals surface area contributed by atoms with Gasteiger partial charge in [0.1, 0.15) is 23.9 Å². The molecule has 65 heavy (non-hydrogen) atoms. The van der Waals surface area contributed by atoms with Gasteiger partial charge in [0, 0.05) is 92.3 Å². The molecule has 6 heterocycles. The number of aryl methyl sites for hydroxylation is 1. The number of benzene rings is 1. The van der Waals surface area contributed by atoms with Gasteiger partial charge in [-0.3, -0.25) is 19.6 Å². The Morgan fingerprint density at radius 2 is 1.88 bits per heavy atom. The number of aromatic nitrogens is 3. The number of fused-ring (bicyclic) bond motifs is 6. The summed E-state index contributed by atoms with van der Waals surface area (Å²) in [6.07, 6.45) is 4.21. The van der Waals surface area contributed by atoms with Crippen LogP contribution in [0.4, 0.5) is 4.79 Å². The van der Waals surface area contributed by atoms with E-state index in [-0.39, 0.29) is 42.4 Å². The van der Waals surface area contributed by atoms with Crippen molar-refractivity contribution in [3.8, 4) is 22.5 Å². The number of nitrogens with zero attached hydrogens (tertiary/aromatic N) is 7. The van der Waals surface area contributed by atoms with Crippen LogP contribution in [0.5, 0.6) is 0 Å². The molecule has 1 aromatic carbocycles. The molecule has 3 aliphatic heterocycles. The zero-order valence-corrected chi connectivity index (χ0v) is 41.0. The number of likely N-dealkylation sites (N-methyl/N-ethyl adjacent to an activating group) is 1. The summed E-state index contributed by atoms with van der Waals surface area (Å²) in [6, 6.07) is 8.76. The predicted octanol–water partition coefficient (Wildman–Crippen LogP) is 6.20. The molecule has 0 radical (unpaired) electrons. The second-order valence-electron chi connectivity index (χ2n) is 19.8. The number of likely N-dealkylation sites (tertiary alicyclic amines) is 1. The maximum Gasteiger partial charge on any atom is 0.320 e. The van der Waals surface area contributed by atoms with Gasteiger partial charge in [-0.15, -0.1) is 11.3 Å². The minimum absolute atomic E-state index is 0.0510. The third-order valence-corrected chi connectivity index (χ3v) is 14.7. The number of hydrazine groups is 1. The van der Waals surface area contributed by atoms with E-state index in [2.05, 4.69) is 72.2 Å². The summed E-state index contributed by atoms with van der Waals surface area (Å²) < 4.78 is 14.7. The summed E-state index contributed by atoms with van der Waals surface area (Å²) >= 11 is 1.43. The molecule has 2 N–H and O–H groups in total. The van der Waals surface area contributed by atoms with E-state index >= 15 is 0 Å². The molecule has 0 aliphatic carbocycles. The van der Waals surface area contributed by atoms with E-state index < -0.39 is 23.5 Å². The lowest BCUT2D eigenvalue weighted by molar-refractivity contribution is -0.147. The number of ether oxygens (including phenoxy) is 2. The molecule has 3 aromatic heterocycles. The fraction of sp³-hybridized carbons (Fsp3) is 0.592. The first-order valence-electron chi connectivity index (χ1n) is 23.1. The first-order valence-corrected chi connectivity index (χ1v) is 24.0. The zero-order chi connectivity index (χ0) is 47.0. The number of aldehydes is 1. The molecular weight excluding hydrogens is 843 g/mol. The maximum atomic E-state index is 14.7. The first kappa shape index (κ1) is 48.2. The molecule has 7 rings (SSSR count). The minimum atomic E-state index is -1.16. The zero-order valence-electron chi connectivity index (χ0n) is 40.1. The Hall–Kier alpha value is -4.74. The van der Waals surface area contributed by atoms with Crippen LogP contribution in [-0.2, 0) is 43.2 Å². The summed E-state index contributed by atoms with van der Waals surface area (Å²) in [5.74, 6) is -0.727. The van der Waals surface area contributed by atoms with Gasteiger partial charge in [0.2, 0.25) is 5.91 Å². The quantitative estimate of drug-likeness (QED) is 0.166. The standard InChI is InChI=1S/C49H69N9O6S/c1-12-57-40-17-16-33-21-36(40)37(44(57)35-15-13-19-50-42(35)32(5)63-11)23-48(6,7)28-64-29-49(27-59)18-14-20-58(53-49)46(61)38(22-41-51-39(33)26-65-41)52-45(60)43(30(2)3)55(10)47(62)56-24-34(25-56)31(4)54(8)9/h13,15-17,19,21,26-27,30-32,34,38,43,53H,12,14,18,20,22-25,28-29H2,1-11H3,(H,52,60)/t31-,32+,38+,43+,49+/m1/s1. The Morgan fingerprint density at radius 3 is 2.55 bits per heavy atom. The summed E-state index contributed by atoms with van der Waals surface area (Å²) in [5, 5.41) is 8.30. The van der Waals surface area contributed by atoms with Crippen LogP contribution in [0.1, 0.15) is 83.7 Å². The number of nitrogens with one attached hydrogen (secondary N) is 2. The predicted molar refractivity (Wildman–Crippen MR) is 254 cm³/mol. The number of hydrogen-bond donors (Lipinski definition) is 2. The highest BCUT2D eigenvalue weighted by Crippen LogP contribution is 2.42. The molecule has 0 spiro atoms. The van der Waals surface area contributed by atoms with Crippen molar-refractivity contribution in [1.82, 2.24) is 45.0 Å². The van der Waals surface area contributed by atoms with Gasteiger partial charge in [-0.25, -0.2) is 15.2 Å².